The summed E-state index contributed by atoms with van der Waals surface area (Å²) in [5, 5.41) is 12.8. The molecule has 0 atom stereocenters. The fraction of sp³-hybridized carbons (Fsp3) is 0.0833. The van der Waals surface area contributed by atoms with Crippen LogP contribution in [-0.4, -0.2) is 20.9 Å². The van der Waals surface area contributed by atoms with Gasteiger partial charge < -0.3 is 5.11 Å². The Morgan fingerprint density at radius 2 is 1.94 bits per heavy atom. The standard InChI is InChI=1S/C12H9IN2O3/c1-7-6-15(9-4-2-8(13)3-5-9)14-10(11(7)16)12(17)18/h2-6H,1H3,(H,17,18). The van der Waals surface area contributed by atoms with Crippen molar-refractivity contribution in [1.82, 2.24) is 9.78 Å². The lowest BCUT2D eigenvalue weighted by molar-refractivity contribution is 0.0686. The van der Waals surface area contributed by atoms with E-state index in [0.717, 1.165) is 3.57 Å². The van der Waals surface area contributed by atoms with Gasteiger partial charge in [-0.05, 0) is 53.8 Å². The largest absolute Gasteiger partial charge is 0.476 e. The predicted molar refractivity (Wildman–Crippen MR) is 74.2 cm³/mol. The van der Waals surface area contributed by atoms with Crippen LogP contribution in [0.1, 0.15) is 16.1 Å². The van der Waals surface area contributed by atoms with Gasteiger partial charge in [0.15, 0.2) is 0 Å². The second-order valence-corrected chi connectivity index (χ2v) is 4.96. The molecular weight excluding hydrogens is 347 g/mol. The van der Waals surface area contributed by atoms with Crippen LogP contribution >= 0.6 is 22.6 Å². The first-order valence-corrected chi connectivity index (χ1v) is 6.17. The molecule has 0 aliphatic rings. The molecule has 0 aliphatic carbocycles. The number of benzene rings is 1. The van der Waals surface area contributed by atoms with Crippen molar-refractivity contribution in [2.24, 2.45) is 0 Å². The number of aromatic carboxylic acids is 1. The lowest BCUT2D eigenvalue weighted by atomic mass is 10.2. The van der Waals surface area contributed by atoms with Gasteiger partial charge >= 0.3 is 5.97 Å². The molecule has 2 rings (SSSR count). The van der Waals surface area contributed by atoms with E-state index in [0.29, 0.717) is 11.3 Å². The summed E-state index contributed by atoms with van der Waals surface area (Å²) in [6.45, 7) is 1.57. The minimum Gasteiger partial charge on any atom is -0.476 e. The van der Waals surface area contributed by atoms with Crippen molar-refractivity contribution in [3.63, 3.8) is 0 Å². The molecule has 18 heavy (non-hydrogen) atoms. The average Bonchev–Trinajstić information content (AvgIpc) is 2.33. The van der Waals surface area contributed by atoms with Gasteiger partial charge in [-0.3, -0.25) is 4.79 Å². The molecule has 92 valence electrons. The summed E-state index contributed by atoms with van der Waals surface area (Å²) in [6, 6.07) is 7.38. The number of carbonyl (C=O) groups is 1. The van der Waals surface area contributed by atoms with E-state index in [9.17, 15) is 9.59 Å². The number of hydrogen-bond donors (Lipinski definition) is 1. The van der Waals surface area contributed by atoms with E-state index >= 15 is 0 Å². The molecule has 1 heterocycles. The van der Waals surface area contributed by atoms with E-state index in [1.807, 2.05) is 24.3 Å². The Labute approximate surface area is 116 Å². The first kappa shape index (κ1) is 12.7. The number of hydrogen-bond acceptors (Lipinski definition) is 3. The Hall–Kier alpha value is -1.70. The van der Waals surface area contributed by atoms with E-state index in [1.165, 1.54) is 10.9 Å². The topological polar surface area (TPSA) is 72.2 Å². The molecule has 0 unspecified atom stereocenters. The summed E-state index contributed by atoms with van der Waals surface area (Å²) in [7, 11) is 0. The number of aromatic nitrogens is 2. The van der Waals surface area contributed by atoms with Crippen molar-refractivity contribution in [3.8, 4) is 5.69 Å². The quantitative estimate of drug-likeness (QED) is 0.834. The Bertz CT molecular complexity index is 662. The maximum atomic E-state index is 11.6. The van der Waals surface area contributed by atoms with E-state index in [2.05, 4.69) is 27.7 Å². The van der Waals surface area contributed by atoms with Gasteiger partial charge in [-0.15, -0.1) is 0 Å². The fourth-order valence-corrected chi connectivity index (χ4v) is 1.84. The molecule has 0 aliphatic heterocycles. The van der Waals surface area contributed by atoms with Crippen LogP contribution in [0.3, 0.4) is 0 Å². The van der Waals surface area contributed by atoms with Crippen molar-refractivity contribution in [2.45, 2.75) is 6.92 Å². The van der Waals surface area contributed by atoms with Gasteiger partial charge in [0.25, 0.3) is 0 Å². The molecule has 2 aromatic rings. The molecule has 1 N–H and O–H groups in total. The van der Waals surface area contributed by atoms with Crippen LogP contribution in [0.2, 0.25) is 0 Å². The van der Waals surface area contributed by atoms with Crippen LogP contribution in [0.4, 0.5) is 0 Å². The molecule has 0 fully saturated rings. The Morgan fingerprint density at radius 3 is 2.50 bits per heavy atom. The van der Waals surface area contributed by atoms with Gasteiger partial charge in [-0.1, -0.05) is 0 Å². The van der Waals surface area contributed by atoms with Crippen molar-refractivity contribution in [1.29, 1.82) is 0 Å². The normalized spacial score (nSPS) is 10.3. The molecule has 5 nitrogen and oxygen atoms in total. The molecule has 0 amide bonds. The summed E-state index contributed by atoms with van der Waals surface area (Å²) >= 11 is 2.17. The highest BCUT2D eigenvalue weighted by atomic mass is 127. The van der Waals surface area contributed by atoms with E-state index < -0.39 is 17.1 Å². The highest BCUT2D eigenvalue weighted by molar-refractivity contribution is 14.1. The average molecular weight is 356 g/mol. The molecule has 1 aromatic carbocycles. The Morgan fingerprint density at radius 1 is 1.33 bits per heavy atom. The molecule has 0 spiro atoms. The van der Waals surface area contributed by atoms with E-state index in [-0.39, 0.29) is 0 Å². The maximum Gasteiger partial charge on any atom is 0.360 e. The molecule has 0 saturated heterocycles. The molecule has 0 saturated carbocycles. The van der Waals surface area contributed by atoms with Gasteiger partial charge in [0.1, 0.15) is 0 Å². The SMILES string of the molecule is Cc1cn(-c2ccc(I)cc2)nc(C(=O)O)c1=O. The van der Waals surface area contributed by atoms with Crippen LogP contribution in [0.15, 0.2) is 35.3 Å². The zero-order valence-corrected chi connectivity index (χ0v) is 11.6. The van der Waals surface area contributed by atoms with Gasteiger partial charge in [0.05, 0.1) is 5.69 Å². The van der Waals surface area contributed by atoms with Crippen molar-refractivity contribution < 1.29 is 9.90 Å². The first-order valence-electron chi connectivity index (χ1n) is 5.09. The van der Waals surface area contributed by atoms with Gasteiger partial charge in [0, 0.05) is 15.3 Å². The molecule has 6 heteroatoms. The van der Waals surface area contributed by atoms with Crippen LogP contribution < -0.4 is 5.43 Å². The van der Waals surface area contributed by atoms with Crippen molar-refractivity contribution in [3.05, 3.63) is 55.5 Å². The number of aryl methyl sites for hydroxylation is 1. The van der Waals surface area contributed by atoms with E-state index in [1.54, 1.807) is 6.92 Å². The smallest absolute Gasteiger partial charge is 0.360 e. The van der Waals surface area contributed by atoms with Crippen molar-refractivity contribution >= 4 is 28.6 Å². The summed E-state index contributed by atoms with van der Waals surface area (Å²) in [5.41, 5.74) is 0.0415. The molecule has 0 radical (unpaired) electrons. The summed E-state index contributed by atoms with van der Waals surface area (Å²) in [6.07, 6.45) is 1.52. The second-order valence-electron chi connectivity index (χ2n) is 3.72. The molecular formula is C12H9IN2O3. The zero-order valence-electron chi connectivity index (χ0n) is 9.42. The third-order valence-corrected chi connectivity index (χ3v) is 3.11. The van der Waals surface area contributed by atoms with Gasteiger partial charge in [-0.25, -0.2) is 9.48 Å². The van der Waals surface area contributed by atoms with Gasteiger partial charge in [0.2, 0.25) is 11.1 Å². The molecule has 1 aromatic heterocycles. The summed E-state index contributed by atoms with van der Waals surface area (Å²) in [4.78, 5) is 22.5. The fourth-order valence-electron chi connectivity index (χ4n) is 1.48. The highest BCUT2D eigenvalue weighted by Crippen LogP contribution is 2.10. The van der Waals surface area contributed by atoms with E-state index in [4.69, 9.17) is 5.11 Å². The lowest BCUT2D eigenvalue weighted by Gasteiger charge is -2.07. The highest BCUT2D eigenvalue weighted by Gasteiger charge is 2.14. The minimum absolute atomic E-state index is 0.348. The van der Waals surface area contributed by atoms with Crippen LogP contribution in [-0.2, 0) is 0 Å². The molecule has 0 bridgehead atoms. The number of nitrogens with zero attached hydrogens (tertiary/aromatic N) is 2. The number of rotatable bonds is 2. The van der Waals surface area contributed by atoms with Crippen molar-refractivity contribution in [2.75, 3.05) is 0 Å². The second kappa shape index (κ2) is 4.89. The number of carboxylic acid groups (broad SMARTS) is 1. The summed E-state index contributed by atoms with van der Waals surface area (Å²) in [5.74, 6) is -1.32. The number of halogens is 1. The zero-order chi connectivity index (χ0) is 13.3. The Kier molecular flexibility index (Phi) is 3.46. The van der Waals surface area contributed by atoms with Crippen LogP contribution in [0.25, 0.3) is 5.69 Å². The minimum atomic E-state index is -1.32. The monoisotopic (exact) mass is 356 g/mol. The first-order chi connectivity index (χ1) is 8.49. The lowest BCUT2D eigenvalue weighted by Crippen LogP contribution is -2.23. The third-order valence-electron chi connectivity index (χ3n) is 2.39. The summed E-state index contributed by atoms with van der Waals surface area (Å²) < 4.78 is 2.46. The Balaban J connectivity index is 2.62. The third kappa shape index (κ3) is 2.42. The maximum absolute atomic E-state index is 11.6. The predicted octanol–water partition coefficient (Wildman–Crippen LogP) is 1.84. The number of carboxylic acids is 1. The van der Waals surface area contributed by atoms with Gasteiger partial charge in [-0.2, -0.15) is 5.10 Å². The van der Waals surface area contributed by atoms with Crippen LogP contribution in [0.5, 0.6) is 0 Å². The van der Waals surface area contributed by atoms with Crippen LogP contribution in [0, 0.1) is 10.5 Å².